The zero-order chi connectivity index (χ0) is 47.0. The van der Waals surface area contributed by atoms with E-state index < -0.39 is 5.97 Å². The standard InChI is InChI=1S/C56H88O9/c1-11-40-32-43(17-16-41-33-42(12-2)46(35-41)51(58)63-31-30-62-29-28-61-27-26-60-10)47(34-40)52(59)64-37-50(57)65-45-20-22-55(8)44(36-45)18-19-49-54(7)25-24-53(6,39(5)15-13-14-38(3)4)48(54)21-23-56(49,55)9/h11-12,16-18,38-43,45-49H,1-2,13-15,19-37H2,3-10H3/b17-16-/t39-,40?,41?,42?,43?,45?,46?,47?,48-,49+,53-,54-,55+,56+/m1/s1. The lowest BCUT2D eigenvalue weighted by Gasteiger charge is -2.66. The minimum atomic E-state index is -0.462. The van der Waals surface area contributed by atoms with Gasteiger partial charge in [-0.2, -0.15) is 0 Å². The van der Waals surface area contributed by atoms with Crippen LogP contribution in [0.4, 0.5) is 0 Å². The van der Waals surface area contributed by atoms with Crippen LogP contribution in [0.15, 0.2) is 49.1 Å². The molecule has 0 aliphatic heterocycles. The van der Waals surface area contributed by atoms with E-state index in [4.69, 9.17) is 28.4 Å². The molecule has 0 radical (unpaired) electrons. The summed E-state index contributed by atoms with van der Waals surface area (Å²) in [6.45, 7) is 27.8. The van der Waals surface area contributed by atoms with Crippen molar-refractivity contribution in [3.05, 3.63) is 49.1 Å². The molecule has 0 amide bonds. The van der Waals surface area contributed by atoms with Crippen molar-refractivity contribution in [2.75, 3.05) is 53.4 Å². The van der Waals surface area contributed by atoms with Crippen molar-refractivity contribution in [1.82, 2.24) is 0 Å². The molecule has 6 aliphatic rings. The average molecular weight is 905 g/mol. The van der Waals surface area contributed by atoms with Crippen LogP contribution in [0, 0.1) is 80.8 Å². The Morgan fingerprint density at radius 1 is 0.738 bits per heavy atom. The third-order valence-electron chi connectivity index (χ3n) is 18.9. The minimum Gasteiger partial charge on any atom is -0.463 e. The highest BCUT2D eigenvalue weighted by molar-refractivity contribution is 5.78. The van der Waals surface area contributed by atoms with Gasteiger partial charge < -0.3 is 28.4 Å². The number of esters is 3. The number of fused-ring (bicyclic) bond motifs is 5. The summed E-state index contributed by atoms with van der Waals surface area (Å²) >= 11 is 0. The van der Waals surface area contributed by atoms with Gasteiger partial charge in [-0.15, -0.1) is 13.2 Å². The fourth-order valence-corrected chi connectivity index (χ4v) is 14.6. The van der Waals surface area contributed by atoms with E-state index in [0.717, 1.165) is 56.3 Å². The van der Waals surface area contributed by atoms with Crippen LogP contribution in [-0.2, 0) is 42.8 Å². The summed E-state index contributed by atoms with van der Waals surface area (Å²) in [5.41, 5.74) is 2.57. The first-order valence-electron chi connectivity index (χ1n) is 25.8. The highest BCUT2D eigenvalue weighted by Crippen LogP contribution is 2.75. The molecule has 7 unspecified atom stereocenters. The molecule has 5 saturated carbocycles. The van der Waals surface area contributed by atoms with Gasteiger partial charge in [0.25, 0.3) is 0 Å². The van der Waals surface area contributed by atoms with Gasteiger partial charge in [-0.1, -0.05) is 104 Å². The maximum Gasteiger partial charge on any atom is 0.344 e. The lowest BCUT2D eigenvalue weighted by Crippen LogP contribution is -2.58. The van der Waals surface area contributed by atoms with Crippen molar-refractivity contribution < 1.29 is 42.8 Å². The molecule has 6 rings (SSSR count). The number of methoxy groups -OCH3 is 1. The predicted octanol–water partition coefficient (Wildman–Crippen LogP) is 11.7. The van der Waals surface area contributed by atoms with Crippen LogP contribution in [-0.4, -0.2) is 77.4 Å². The van der Waals surface area contributed by atoms with Crippen molar-refractivity contribution >= 4 is 17.9 Å². The van der Waals surface area contributed by atoms with Crippen molar-refractivity contribution in [1.29, 1.82) is 0 Å². The minimum absolute atomic E-state index is 0.0149. The monoisotopic (exact) mass is 905 g/mol. The summed E-state index contributed by atoms with van der Waals surface area (Å²) in [6, 6.07) is 0. The van der Waals surface area contributed by atoms with Crippen molar-refractivity contribution in [3.63, 3.8) is 0 Å². The zero-order valence-corrected chi connectivity index (χ0v) is 41.9. The van der Waals surface area contributed by atoms with Gasteiger partial charge >= 0.3 is 17.9 Å². The molecule has 0 spiro atoms. The van der Waals surface area contributed by atoms with Crippen LogP contribution in [0.1, 0.15) is 145 Å². The van der Waals surface area contributed by atoms with E-state index >= 15 is 0 Å². The SMILES string of the molecule is C=CC1CC(/C=C\C2CC(C=C)C(C(=O)OCCOCCOCCOC)C2)C(C(=O)OCC(=O)OC2CC[C@@]3(C)C(=CC[C@H]4[C@]5(C)CC[C@](C)([C@H](C)CCCC(C)C)[C@H]5CC[C@@]43C)C2)C1. The lowest BCUT2D eigenvalue weighted by atomic mass is 9.39. The van der Waals surface area contributed by atoms with Gasteiger partial charge in [-0.3, -0.25) is 9.59 Å². The largest absolute Gasteiger partial charge is 0.463 e. The fraction of sp³-hybridized carbons (Fsp3) is 0.804. The first-order valence-corrected chi connectivity index (χ1v) is 25.8. The molecule has 9 heteroatoms. The summed E-state index contributed by atoms with van der Waals surface area (Å²) in [5, 5.41) is 0. The Hall–Kier alpha value is -2.75. The molecule has 9 nitrogen and oxygen atoms in total. The Bertz CT molecular complexity index is 1700. The van der Waals surface area contributed by atoms with Crippen molar-refractivity contribution in [3.8, 4) is 0 Å². The van der Waals surface area contributed by atoms with Crippen LogP contribution >= 0.6 is 0 Å². The molecule has 0 bridgehead atoms. The Kier molecular flexibility index (Phi) is 17.9. The number of hydrogen-bond acceptors (Lipinski definition) is 9. The molecule has 0 aromatic carbocycles. The van der Waals surface area contributed by atoms with E-state index in [2.05, 4.69) is 79.9 Å². The van der Waals surface area contributed by atoms with E-state index in [-0.39, 0.29) is 77.6 Å². The van der Waals surface area contributed by atoms with Gasteiger partial charge in [-0.05, 0) is 140 Å². The Morgan fingerprint density at radius 2 is 1.42 bits per heavy atom. The molecular weight excluding hydrogens is 817 g/mol. The molecule has 0 N–H and O–H groups in total. The summed E-state index contributed by atoms with van der Waals surface area (Å²) < 4.78 is 33.3. The normalized spacial score (nSPS) is 38.1. The van der Waals surface area contributed by atoms with Crippen molar-refractivity contribution in [2.24, 2.45) is 80.8 Å². The number of rotatable bonds is 23. The third-order valence-corrected chi connectivity index (χ3v) is 18.9. The topological polar surface area (TPSA) is 107 Å². The second-order valence-corrected chi connectivity index (χ2v) is 22.8. The van der Waals surface area contributed by atoms with E-state index in [1.165, 1.54) is 50.5 Å². The van der Waals surface area contributed by atoms with Gasteiger partial charge in [0, 0.05) is 13.5 Å². The van der Waals surface area contributed by atoms with Gasteiger partial charge in [0.05, 0.1) is 44.9 Å². The number of ether oxygens (including phenoxy) is 6. The summed E-state index contributed by atoms with van der Waals surface area (Å²) in [7, 11) is 1.63. The van der Waals surface area contributed by atoms with E-state index in [9.17, 15) is 14.4 Å². The van der Waals surface area contributed by atoms with E-state index in [1.54, 1.807) is 7.11 Å². The highest BCUT2D eigenvalue weighted by Gasteiger charge is 2.67. The number of allylic oxidation sites excluding steroid dienone is 5. The van der Waals surface area contributed by atoms with Crippen LogP contribution < -0.4 is 0 Å². The van der Waals surface area contributed by atoms with Crippen LogP contribution in [0.25, 0.3) is 0 Å². The lowest BCUT2D eigenvalue weighted by molar-refractivity contribution is -0.168. The summed E-state index contributed by atoms with van der Waals surface area (Å²) in [4.78, 5) is 40.0. The molecular formula is C56H88O9. The van der Waals surface area contributed by atoms with Gasteiger partial charge in [-0.25, -0.2) is 4.79 Å². The predicted molar refractivity (Wildman–Crippen MR) is 257 cm³/mol. The number of carbonyl (C=O) groups excluding carboxylic acids is 3. The molecule has 366 valence electrons. The average Bonchev–Trinajstić information content (AvgIpc) is 3.98. The fourth-order valence-electron chi connectivity index (χ4n) is 14.6. The Balaban J connectivity index is 0.970. The molecule has 65 heavy (non-hydrogen) atoms. The quantitative estimate of drug-likeness (QED) is 0.0429. The Labute approximate surface area is 393 Å². The second-order valence-electron chi connectivity index (χ2n) is 22.8. The van der Waals surface area contributed by atoms with Crippen molar-refractivity contribution in [2.45, 2.75) is 151 Å². The van der Waals surface area contributed by atoms with Gasteiger partial charge in [0.2, 0.25) is 0 Å². The maximum absolute atomic E-state index is 13.6. The van der Waals surface area contributed by atoms with E-state index in [1.807, 2.05) is 12.2 Å². The van der Waals surface area contributed by atoms with Gasteiger partial charge in [0.15, 0.2) is 6.61 Å². The number of carbonyl (C=O) groups is 3. The summed E-state index contributed by atoms with van der Waals surface area (Å²) in [6.07, 6.45) is 26.4. The Morgan fingerprint density at radius 3 is 2.12 bits per heavy atom. The van der Waals surface area contributed by atoms with Crippen LogP contribution in [0.3, 0.4) is 0 Å². The molecule has 0 aromatic rings. The maximum atomic E-state index is 13.6. The zero-order valence-electron chi connectivity index (χ0n) is 41.9. The molecule has 14 atom stereocenters. The smallest absolute Gasteiger partial charge is 0.344 e. The first kappa shape index (κ1) is 51.6. The molecule has 0 heterocycles. The van der Waals surface area contributed by atoms with Crippen LogP contribution in [0.5, 0.6) is 0 Å². The molecule has 0 aromatic heterocycles. The number of hydrogen-bond donors (Lipinski definition) is 0. The highest BCUT2D eigenvalue weighted by atomic mass is 16.6. The van der Waals surface area contributed by atoms with E-state index in [0.29, 0.717) is 62.6 Å². The molecule has 0 saturated heterocycles. The summed E-state index contributed by atoms with van der Waals surface area (Å²) in [5.74, 6) is 1.61. The van der Waals surface area contributed by atoms with Gasteiger partial charge in [0.1, 0.15) is 12.7 Å². The third kappa shape index (κ3) is 11.4. The molecule has 5 fully saturated rings. The molecule has 6 aliphatic carbocycles. The first-order chi connectivity index (χ1) is 31.0. The van der Waals surface area contributed by atoms with Crippen LogP contribution in [0.2, 0.25) is 0 Å². The second kappa shape index (κ2) is 22.6.